The third-order valence-corrected chi connectivity index (χ3v) is 10.8. The molecule has 0 bridgehead atoms. The molecule has 0 radical (unpaired) electrons. The molecule has 0 fully saturated rings. The Balaban J connectivity index is 1.10. The van der Waals surface area contributed by atoms with Crippen LogP contribution in [0.25, 0.3) is 16.3 Å². The second-order valence-corrected chi connectivity index (χ2v) is 18.5. The van der Waals surface area contributed by atoms with E-state index in [-0.39, 0.29) is 12.2 Å². The molecule has 5 aromatic carbocycles. The van der Waals surface area contributed by atoms with E-state index in [9.17, 15) is 14.4 Å². The fourth-order valence-electron chi connectivity index (χ4n) is 7.29. The number of thioether (sulfide) groups is 1. The lowest BCUT2D eigenvalue weighted by Gasteiger charge is -2.34. The molecular formula is C53H56N2O8S. The predicted octanol–water partition coefficient (Wildman–Crippen LogP) is 12.0. The molecule has 1 heterocycles. The van der Waals surface area contributed by atoms with Gasteiger partial charge in [0.2, 0.25) is 0 Å². The van der Waals surface area contributed by atoms with Crippen LogP contribution in [0.2, 0.25) is 0 Å². The van der Waals surface area contributed by atoms with E-state index < -0.39 is 29.1 Å². The van der Waals surface area contributed by atoms with Gasteiger partial charge in [-0.1, -0.05) is 66.9 Å². The number of nitrogens with one attached hydrogen (secondary N) is 1. The number of hydrogen-bond donors (Lipinski definition) is 1. The third-order valence-electron chi connectivity index (χ3n) is 9.86. The Hall–Kier alpha value is -6.59. The Labute approximate surface area is 380 Å². The Bertz CT molecular complexity index is 2570. The van der Waals surface area contributed by atoms with Gasteiger partial charge < -0.3 is 23.7 Å². The van der Waals surface area contributed by atoms with Crippen LogP contribution in [0.4, 0.5) is 0 Å². The third kappa shape index (κ3) is 14.0. The van der Waals surface area contributed by atoms with Crippen molar-refractivity contribution in [2.24, 2.45) is 5.10 Å². The van der Waals surface area contributed by atoms with Gasteiger partial charge in [0.15, 0.2) is 0 Å². The molecule has 1 aliphatic rings. The van der Waals surface area contributed by atoms with Crippen LogP contribution < -0.4 is 19.6 Å². The lowest BCUT2D eigenvalue weighted by atomic mass is 9.92. The van der Waals surface area contributed by atoms with Crippen molar-refractivity contribution >= 4 is 52.2 Å². The maximum atomic E-state index is 13.4. The van der Waals surface area contributed by atoms with E-state index in [2.05, 4.69) is 65.0 Å². The highest BCUT2D eigenvalue weighted by molar-refractivity contribution is 8.05. The monoisotopic (exact) mass is 880 g/mol. The van der Waals surface area contributed by atoms with Crippen LogP contribution in [-0.2, 0) is 20.7 Å². The molecule has 332 valence electrons. The lowest BCUT2D eigenvalue weighted by molar-refractivity contribution is -0.154. The van der Waals surface area contributed by atoms with Crippen molar-refractivity contribution in [3.05, 3.63) is 166 Å². The molecule has 10 nitrogen and oxygen atoms in total. The van der Waals surface area contributed by atoms with Crippen LogP contribution in [0.5, 0.6) is 17.2 Å². The van der Waals surface area contributed by atoms with Gasteiger partial charge in [0.05, 0.1) is 29.0 Å². The molecule has 0 atom stereocenters. The normalized spacial score (nSPS) is 13.3. The maximum Gasteiger partial charge on any atom is 0.343 e. The molecule has 0 unspecified atom stereocenters. The van der Waals surface area contributed by atoms with Crippen molar-refractivity contribution in [1.29, 1.82) is 0 Å². The van der Waals surface area contributed by atoms with Gasteiger partial charge in [-0.15, -0.1) is 0 Å². The van der Waals surface area contributed by atoms with E-state index in [0.717, 1.165) is 29.5 Å². The van der Waals surface area contributed by atoms with E-state index in [1.54, 1.807) is 72.6 Å². The highest BCUT2D eigenvalue weighted by Crippen LogP contribution is 2.33. The number of fused-ring (bicyclic) bond motifs is 1. The minimum absolute atomic E-state index is 0.106. The number of ether oxygens (including phenoxy) is 5. The molecule has 1 aliphatic heterocycles. The van der Waals surface area contributed by atoms with Crippen LogP contribution in [0.3, 0.4) is 0 Å². The van der Waals surface area contributed by atoms with Gasteiger partial charge in [0, 0.05) is 24.5 Å². The molecule has 0 aromatic heterocycles. The van der Waals surface area contributed by atoms with Crippen LogP contribution in [0.15, 0.2) is 143 Å². The maximum absolute atomic E-state index is 13.4. The fourth-order valence-corrected chi connectivity index (χ4v) is 8.14. The highest BCUT2D eigenvalue weighted by atomic mass is 32.2. The molecule has 5 aromatic rings. The van der Waals surface area contributed by atoms with E-state index in [1.165, 1.54) is 21.9 Å². The second kappa shape index (κ2) is 20.7. The van der Waals surface area contributed by atoms with Crippen molar-refractivity contribution in [2.75, 3.05) is 6.61 Å². The van der Waals surface area contributed by atoms with Crippen LogP contribution in [0, 0.1) is 0 Å². The number of rotatable bonds is 17. The summed E-state index contributed by atoms with van der Waals surface area (Å²) in [6.45, 7) is 16.9. The van der Waals surface area contributed by atoms with Crippen molar-refractivity contribution < 1.29 is 38.1 Å². The van der Waals surface area contributed by atoms with E-state index in [4.69, 9.17) is 23.7 Å². The molecule has 0 saturated carbocycles. The molecule has 6 rings (SSSR count). The molecule has 11 heteroatoms. The number of benzene rings is 5. The van der Waals surface area contributed by atoms with Gasteiger partial charge in [0.25, 0.3) is 0 Å². The summed E-state index contributed by atoms with van der Waals surface area (Å²) in [4.78, 5) is 38.2. The number of hydrogen-bond acceptors (Lipinski definition) is 11. The summed E-state index contributed by atoms with van der Waals surface area (Å²) in [5, 5.41) is 10.0. The summed E-state index contributed by atoms with van der Waals surface area (Å²) in [6, 6.07) is 33.9. The van der Waals surface area contributed by atoms with Crippen LogP contribution in [-0.4, -0.2) is 47.5 Å². The predicted molar refractivity (Wildman–Crippen MR) is 256 cm³/mol. The second-order valence-electron chi connectivity index (χ2n) is 17.6. The van der Waals surface area contributed by atoms with Gasteiger partial charge in [-0.05, 0) is 161 Å². The van der Waals surface area contributed by atoms with Crippen molar-refractivity contribution in [2.45, 2.75) is 91.0 Å². The topological polar surface area (TPSA) is 122 Å². The van der Waals surface area contributed by atoms with E-state index in [1.807, 2.05) is 66.7 Å². The smallest absolute Gasteiger partial charge is 0.343 e. The first-order chi connectivity index (χ1) is 30.4. The van der Waals surface area contributed by atoms with E-state index >= 15 is 0 Å². The SMILES string of the molecule is C=CC(=O)OC(C)(C)CC(C)(C)Oc1ccc(C(=O)OCCc2ccc(OC(=O)c3ccc(OC(C)(C)C)cc3)c(/C=N/NC3=CCCC(c4ccc5ccccc5c4)=CS3)c2)cc1. The molecule has 0 aliphatic carbocycles. The minimum atomic E-state index is -0.781. The zero-order valence-electron chi connectivity index (χ0n) is 37.6. The number of esters is 3. The summed E-state index contributed by atoms with van der Waals surface area (Å²) in [5.74, 6) is 0.0121. The molecule has 0 amide bonds. The van der Waals surface area contributed by atoms with Gasteiger partial charge in [-0.25, -0.2) is 14.4 Å². The molecule has 0 spiro atoms. The van der Waals surface area contributed by atoms with Gasteiger partial charge in [-0.2, -0.15) is 5.10 Å². The summed E-state index contributed by atoms with van der Waals surface area (Å²) >= 11 is 1.57. The zero-order chi connectivity index (χ0) is 45.9. The Morgan fingerprint density at radius 3 is 2.12 bits per heavy atom. The average Bonchev–Trinajstić information content (AvgIpc) is 3.49. The molecule has 64 heavy (non-hydrogen) atoms. The first-order valence-corrected chi connectivity index (χ1v) is 22.1. The Morgan fingerprint density at radius 2 is 1.44 bits per heavy atom. The largest absolute Gasteiger partial charge is 0.488 e. The Kier molecular flexibility index (Phi) is 15.2. The first-order valence-electron chi connectivity index (χ1n) is 21.2. The summed E-state index contributed by atoms with van der Waals surface area (Å²) in [7, 11) is 0. The summed E-state index contributed by atoms with van der Waals surface area (Å²) in [5.41, 5.74) is 5.93. The van der Waals surface area contributed by atoms with E-state index in [0.29, 0.717) is 46.8 Å². The standard InChI is InChI=1S/C53H56N2O8S/c1-9-48(56)63-53(7,8)35-52(5,6)62-45-26-20-38(21-27-45)49(57)59-30-29-36-17-28-46(60-50(58)39-22-24-44(25-23-39)61-51(2,3)4)43(31-36)33-54-55-47-16-12-15-42(34-64-47)41-19-18-37-13-10-11-14-40(37)32-41/h9-11,13-14,16-28,31-34,55H,1,12,15,29-30,35H2,2-8H3/b54-33+. The number of allylic oxidation sites excluding steroid dienone is 2. The molecular weight excluding hydrogens is 825 g/mol. The van der Waals surface area contributed by atoms with Gasteiger partial charge in [-0.3, -0.25) is 5.43 Å². The molecule has 1 N–H and O–H groups in total. The van der Waals surface area contributed by atoms with Crippen LogP contribution >= 0.6 is 11.8 Å². The average molecular weight is 881 g/mol. The van der Waals surface area contributed by atoms with Gasteiger partial charge in [0.1, 0.15) is 34.1 Å². The van der Waals surface area contributed by atoms with Crippen molar-refractivity contribution in [1.82, 2.24) is 5.43 Å². The zero-order valence-corrected chi connectivity index (χ0v) is 38.4. The number of nitrogens with zero attached hydrogens (tertiary/aromatic N) is 1. The van der Waals surface area contributed by atoms with Gasteiger partial charge >= 0.3 is 17.9 Å². The quantitative estimate of drug-likeness (QED) is 0.0317. The van der Waals surface area contributed by atoms with Crippen molar-refractivity contribution in [3.63, 3.8) is 0 Å². The highest BCUT2D eigenvalue weighted by Gasteiger charge is 2.33. The fraction of sp³-hybridized carbons (Fsp3) is 0.283. The first kappa shape index (κ1) is 46.9. The Morgan fingerprint density at radius 1 is 0.766 bits per heavy atom. The van der Waals surface area contributed by atoms with Crippen LogP contribution in [0.1, 0.15) is 105 Å². The number of carbonyl (C=O) groups excluding carboxylic acids is 3. The number of hydrazone groups is 1. The lowest BCUT2D eigenvalue weighted by Crippen LogP contribution is -2.40. The minimum Gasteiger partial charge on any atom is -0.488 e. The van der Waals surface area contributed by atoms with Crippen molar-refractivity contribution in [3.8, 4) is 17.2 Å². The summed E-state index contributed by atoms with van der Waals surface area (Å²) < 4.78 is 29.2. The molecule has 0 saturated heterocycles. The number of carbonyl (C=O) groups is 3. The summed E-state index contributed by atoms with van der Waals surface area (Å²) in [6.07, 6.45) is 7.43.